The normalized spacial score (nSPS) is 10.2. The van der Waals surface area contributed by atoms with Crippen LogP contribution < -0.4 is 5.32 Å². The highest BCUT2D eigenvalue weighted by Gasteiger charge is 2.00. The first-order valence-corrected chi connectivity index (χ1v) is 5.00. The smallest absolute Gasteiger partial charge is 0.251 e. The van der Waals surface area contributed by atoms with Crippen molar-refractivity contribution in [3.05, 3.63) is 35.4 Å². The summed E-state index contributed by atoms with van der Waals surface area (Å²) in [6, 6.07) is 7.21. The third kappa shape index (κ3) is 3.59. The summed E-state index contributed by atoms with van der Waals surface area (Å²) in [5.41, 5.74) is 1.60. The SMILES string of the molecule is CNC(=O)c1ccc(C=NCC=S)cc1. The van der Waals surface area contributed by atoms with Crippen molar-refractivity contribution in [1.82, 2.24) is 5.32 Å². The lowest BCUT2D eigenvalue weighted by atomic mass is 10.1. The highest BCUT2D eigenvalue weighted by molar-refractivity contribution is 7.79. The van der Waals surface area contributed by atoms with Gasteiger partial charge in [0.05, 0.1) is 6.54 Å². The molecule has 0 aromatic heterocycles. The number of carbonyl (C=O) groups is 1. The van der Waals surface area contributed by atoms with Crippen molar-refractivity contribution in [3.63, 3.8) is 0 Å². The fourth-order valence-electron chi connectivity index (χ4n) is 1.07. The van der Waals surface area contributed by atoms with E-state index in [9.17, 15) is 4.79 Å². The van der Waals surface area contributed by atoms with E-state index in [-0.39, 0.29) is 5.91 Å². The summed E-state index contributed by atoms with van der Waals surface area (Å²) in [5, 5.41) is 4.13. The van der Waals surface area contributed by atoms with Gasteiger partial charge in [-0.15, -0.1) is 0 Å². The van der Waals surface area contributed by atoms with Gasteiger partial charge in [0.2, 0.25) is 0 Å². The molecule has 1 rings (SSSR count). The third-order valence-electron chi connectivity index (χ3n) is 1.82. The second kappa shape index (κ2) is 6.03. The van der Waals surface area contributed by atoms with E-state index in [4.69, 9.17) is 0 Å². The molecule has 1 amide bonds. The Kier molecular flexibility index (Phi) is 4.63. The Morgan fingerprint density at radius 3 is 2.67 bits per heavy atom. The zero-order valence-electron chi connectivity index (χ0n) is 8.43. The van der Waals surface area contributed by atoms with E-state index in [1.54, 1.807) is 30.8 Å². The molecule has 3 nitrogen and oxygen atoms in total. The number of rotatable bonds is 4. The van der Waals surface area contributed by atoms with E-state index in [2.05, 4.69) is 22.5 Å². The van der Waals surface area contributed by atoms with Gasteiger partial charge in [0.15, 0.2) is 0 Å². The van der Waals surface area contributed by atoms with Gasteiger partial charge in [-0.3, -0.25) is 9.79 Å². The van der Waals surface area contributed by atoms with Crippen molar-refractivity contribution >= 4 is 29.7 Å². The van der Waals surface area contributed by atoms with Crippen LogP contribution in [0.2, 0.25) is 0 Å². The van der Waals surface area contributed by atoms with E-state index < -0.39 is 0 Å². The quantitative estimate of drug-likeness (QED) is 0.616. The Balaban J connectivity index is 2.72. The minimum Gasteiger partial charge on any atom is -0.355 e. The molecule has 0 bridgehead atoms. The molecule has 0 aliphatic rings. The number of hydrogen-bond acceptors (Lipinski definition) is 3. The highest BCUT2D eigenvalue weighted by atomic mass is 32.1. The van der Waals surface area contributed by atoms with Crippen molar-refractivity contribution in [3.8, 4) is 0 Å². The van der Waals surface area contributed by atoms with Gasteiger partial charge in [-0.25, -0.2) is 0 Å². The first-order chi connectivity index (χ1) is 7.27. The zero-order chi connectivity index (χ0) is 11.1. The van der Waals surface area contributed by atoms with Crippen LogP contribution in [-0.4, -0.2) is 31.1 Å². The number of aliphatic imine (C=N–C) groups is 1. The molecule has 0 radical (unpaired) electrons. The minimum absolute atomic E-state index is 0.0858. The third-order valence-corrected chi connectivity index (χ3v) is 1.97. The van der Waals surface area contributed by atoms with Crippen LogP contribution in [0.1, 0.15) is 15.9 Å². The number of nitrogens with zero attached hydrogens (tertiary/aromatic N) is 1. The molecule has 78 valence electrons. The van der Waals surface area contributed by atoms with Crippen molar-refractivity contribution in [2.24, 2.45) is 4.99 Å². The average Bonchev–Trinajstić information content (AvgIpc) is 2.29. The van der Waals surface area contributed by atoms with Crippen molar-refractivity contribution in [2.75, 3.05) is 13.6 Å². The molecular weight excluding hydrogens is 208 g/mol. The van der Waals surface area contributed by atoms with Gasteiger partial charge in [0, 0.05) is 24.2 Å². The van der Waals surface area contributed by atoms with E-state index in [1.807, 2.05) is 12.1 Å². The Bertz CT molecular complexity index is 371. The monoisotopic (exact) mass is 220 g/mol. The molecule has 0 atom stereocenters. The number of carbonyl (C=O) groups excluding carboxylic acids is 1. The van der Waals surface area contributed by atoms with Crippen LogP contribution in [0, 0.1) is 0 Å². The fourth-order valence-corrected chi connectivity index (χ4v) is 1.15. The predicted molar refractivity (Wildman–Crippen MR) is 65.9 cm³/mol. The van der Waals surface area contributed by atoms with Crippen LogP contribution in [0.3, 0.4) is 0 Å². The van der Waals surface area contributed by atoms with Gasteiger partial charge in [-0.05, 0) is 17.7 Å². The molecule has 1 aromatic rings. The molecule has 0 spiro atoms. The fraction of sp³-hybridized carbons (Fsp3) is 0.182. The van der Waals surface area contributed by atoms with Gasteiger partial charge in [0.1, 0.15) is 0 Å². The Hall–Kier alpha value is -1.55. The maximum Gasteiger partial charge on any atom is 0.251 e. The van der Waals surface area contributed by atoms with Crippen LogP contribution in [0.5, 0.6) is 0 Å². The van der Waals surface area contributed by atoms with Gasteiger partial charge < -0.3 is 5.32 Å². The van der Waals surface area contributed by atoms with Crippen LogP contribution in [0.4, 0.5) is 0 Å². The molecule has 4 heteroatoms. The number of benzene rings is 1. The Morgan fingerprint density at radius 1 is 1.47 bits per heavy atom. The molecule has 0 saturated carbocycles. The van der Waals surface area contributed by atoms with Gasteiger partial charge in [0.25, 0.3) is 5.91 Å². The zero-order valence-corrected chi connectivity index (χ0v) is 9.25. The molecular formula is C11H12N2OS. The molecule has 15 heavy (non-hydrogen) atoms. The number of thiocarbonyl (C=S) groups is 1. The van der Waals surface area contributed by atoms with Crippen molar-refractivity contribution < 1.29 is 4.79 Å². The Morgan fingerprint density at radius 2 is 2.13 bits per heavy atom. The topological polar surface area (TPSA) is 41.5 Å². The molecule has 1 aromatic carbocycles. The van der Waals surface area contributed by atoms with Gasteiger partial charge >= 0.3 is 0 Å². The van der Waals surface area contributed by atoms with Crippen molar-refractivity contribution in [1.29, 1.82) is 0 Å². The summed E-state index contributed by atoms with van der Waals surface area (Å²) in [6.45, 7) is 0.534. The molecule has 0 heterocycles. The number of hydrogen-bond donors (Lipinski definition) is 1. The second-order valence-electron chi connectivity index (χ2n) is 2.86. The maximum absolute atomic E-state index is 11.2. The first kappa shape index (κ1) is 11.5. The van der Waals surface area contributed by atoms with E-state index in [0.29, 0.717) is 12.1 Å². The summed E-state index contributed by atoms with van der Waals surface area (Å²) in [6.07, 6.45) is 1.73. The lowest BCUT2D eigenvalue weighted by Gasteiger charge is -1.99. The summed E-state index contributed by atoms with van der Waals surface area (Å²) in [7, 11) is 1.61. The summed E-state index contributed by atoms with van der Waals surface area (Å²) in [4.78, 5) is 15.3. The largest absolute Gasteiger partial charge is 0.355 e. The highest BCUT2D eigenvalue weighted by Crippen LogP contribution is 2.02. The van der Waals surface area contributed by atoms with Crippen molar-refractivity contribution in [2.45, 2.75) is 0 Å². The summed E-state index contributed by atoms with van der Waals surface area (Å²) < 4.78 is 0. The standard InChI is InChI=1S/C11H12N2OS/c1-12-11(14)10-4-2-9(3-5-10)8-13-6-7-15/h2-5,7-8H,6H2,1H3,(H,12,14). The summed E-state index contributed by atoms with van der Waals surface area (Å²) >= 11 is 4.65. The Labute approximate surface area is 94.2 Å². The van der Waals surface area contributed by atoms with Crippen LogP contribution in [0.15, 0.2) is 29.3 Å². The van der Waals surface area contributed by atoms with Gasteiger partial charge in [-0.2, -0.15) is 0 Å². The molecule has 0 aliphatic heterocycles. The van der Waals surface area contributed by atoms with E-state index >= 15 is 0 Å². The van der Waals surface area contributed by atoms with Gasteiger partial charge in [-0.1, -0.05) is 24.4 Å². The predicted octanol–water partition coefficient (Wildman–Crippen LogP) is 1.46. The average molecular weight is 220 g/mol. The first-order valence-electron chi connectivity index (χ1n) is 4.53. The van der Waals surface area contributed by atoms with Crippen LogP contribution in [0.25, 0.3) is 0 Å². The molecule has 0 aliphatic carbocycles. The lowest BCUT2D eigenvalue weighted by Crippen LogP contribution is -2.17. The molecule has 0 unspecified atom stereocenters. The minimum atomic E-state index is -0.0858. The van der Waals surface area contributed by atoms with Crippen LogP contribution in [-0.2, 0) is 0 Å². The molecule has 1 N–H and O–H groups in total. The summed E-state index contributed by atoms with van der Waals surface area (Å²) in [5.74, 6) is -0.0858. The molecule has 0 saturated heterocycles. The molecule has 0 fully saturated rings. The van der Waals surface area contributed by atoms with Crippen LogP contribution >= 0.6 is 12.2 Å². The number of amides is 1. The second-order valence-corrected chi connectivity index (χ2v) is 3.20. The van der Waals surface area contributed by atoms with E-state index in [0.717, 1.165) is 5.56 Å². The maximum atomic E-state index is 11.2. The number of nitrogens with one attached hydrogen (secondary N) is 1. The lowest BCUT2D eigenvalue weighted by molar-refractivity contribution is 0.0963. The van der Waals surface area contributed by atoms with E-state index in [1.165, 1.54) is 0 Å².